The second-order valence-corrected chi connectivity index (χ2v) is 5.97. The average molecular weight is 319 g/mol. The smallest absolute Gasteiger partial charge is 0.166 e. The van der Waals surface area contributed by atoms with Gasteiger partial charge < -0.3 is 24.3 Å². The Hall–Kier alpha value is -1.98. The number of hydrogen-bond donors (Lipinski definition) is 2. The van der Waals surface area contributed by atoms with Crippen LogP contribution in [-0.4, -0.2) is 24.9 Å². The highest BCUT2D eigenvalue weighted by molar-refractivity contribution is 5.46. The quantitative estimate of drug-likeness (QED) is 0.783. The van der Waals surface area contributed by atoms with E-state index in [2.05, 4.69) is 5.32 Å². The summed E-state index contributed by atoms with van der Waals surface area (Å²) in [7, 11) is 1.63. The van der Waals surface area contributed by atoms with Crippen molar-refractivity contribution in [1.82, 2.24) is 5.32 Å². The topological polar surface area (TPSA) is 63.9 Å². The molecule has 2 aromatic rings. The van der Waals surface area contributed by atoms with E-state index in [1.165, 1.54) is 0 Å². The maximum absolute atomic E-state index is 10.5. The van der Waals surface area contributed by atoms with Gasteiger partial charge in [-0.25, -0.2) is 0 Å². The van der Waals surface area contributed by atoms with E-state index in [0.717, 1.165) is 11.3 Å². The number of aliphatic hydroxyl groups is 1. The van der Waals surface area contributed by atoms with Gasteiger partial charge in [-0.2, -0.15) is 0 Å². The van der Waals surface area contributed by atoms with Crippen LogP contribution in [0.15, 0.2) is 41.0 Å². The van der Waals surface area contributed by atoms with E-state index in [-0.39, 0.29) is 6.10 Å². The molecular formula is C18H25NO4. The van der Waals surface area contributed by atoms with Gasteiger partial charge in [0, 0.05) is 18.7 Å². The molecule has 1 atom stereocenters. The Balaban J connectivity index is 2.05. The molecule has 5 nitrogen and oxygen atoms in total. The van der Waals surface area contributed by atoms with Crippen molar-refractivity contribution in [3.05, 3.63) is 47.9 Å². The van der Waals surface area contributed by atoms with Crippen molar-refractivity contribution in [3.63, 3.8) is 0 Å². The SMILES string of the molecule is COc1cccc(CNCC(C)(O)c2ccco2)c1OC(C)C. The largest absolute Gasteiger partial charge is 0.493 e. The zero-order chi connectivity index (χ0) is 16.9. The zero-order valence-electron chi connectivity index (χ0n) is 14.1. The fourth-order valence-electron chi connectivity index (χ4n) is 2.34. The van der Waals surface area contributed by atoms with Crippen LogP contribution in [0.4, 0.5) is 0 Å². The molecular weight excluding hydrogens is 294 g/mol. The van der Waals surface area contributed by atoms with Crippen molar-refractivity contribution >= 4 is 0 Å². The molecule has 0 spiro atoms. The minimum atomic E-state index is -1.07. The number of rotatable bonds is 8. The minimum Gasteiger partial charge on any atom is -0.493 e. The van der Waals surface area contributed by atoms with Crippen molar-refractivity contribution in [1.29, 1.82) is 0 Å². The predicted octanol–water partition coefficient (Wildman–Crippen LogP) is 3.07. The molecule has 0 fully saturated rings. The molecule has 0 amide bonds. The van der Waals surface area contributed by atoms with Gasteiger partial charge in [0.1, 0.15) is 11.4 Å². The van der Waals surface area contributed by atoms with E-state index in [0.29, 0.717) is 24.6 Å². The first-order valence-electron chi connectivity index (χ1n) is 7.73. The Kier molecular flexibility index (Phi) is 5.69. The van der Waals surface area contributed by atoms with Crippen LogP contribution in [0.1, 0.15) is 32.1 Å². The number of ether oxygens (including phenoxy) is 2. The number of methoxy groups -OCH3 is 1. The van der Waals surface area contributed by atoms with Gasteiger partial charge in [-0.3, -0.25) is 0 Å². The Morgan fingerprint density at radius 2 is 2.04 bits per heavy atom. The summed E-state index contributed by atoms with van der Waals surface area (Å²) in [5.74, 6) is 1.97. The summed E-state index contributed by atoms with van der Waals surface area (Å²) in [6.45, 7) is 6.58. The molecule has 0 saturated heterocycles. The summed E-state index contributed by atoms with van der Waals surface area (Å²) in [4.78, 5) is 0. The van der Waals surface area contributed by atoms with Crippen LogP contribution in [0.3, 0.4) is 0 Å². The maximum atomic E-state index is 10.5. The van der Waals surface area contributed by atoms with E-state index in [1.54, 1.807) is 32.4 Å². The molecule has 1 aromatic carbocycles. The molecule has 1 aromatic heterocycles. The average Bonchev–Trinajstić information content (AvgIpc) is 3.03. The van der Waals surface area contributed by atoms with Gasteiger partial charge in [0.2, 0.25) is 0 Å². The molecule has 1 unspecified atom stereocenters. The van der Waals surface area contributed by atoms with Crippen LogP contribution in [0.25, 0.3) is 0 Å². The first kappa shape index (κ1) is 17.4. The molecule has 1 heterocycles. The second kappa shape index (κ2) is 7.53. The Morgan fingerprint density at radius 1 is 1.26 bits per heavy atom. The Labute approximate surface area is 137 Å². The highest BCUT2D eigenvalue weighted by Crippen LogP contribution is 2.32. The van der Waals surface area contributed by atoms with Crippen molar-refractivity contribution in [3.8, 4) is 11.5 Å². The second-order valence-electron chi connectivity index (χ2n) is 5.97. The summed E-state index contributed by atoms with van der Waals surface area (Å²) in [6, 6.07) is 9.31. The van der Waals surface area contributed by atoms with Crippen molar-refractivity contribution in [2.45, 2.75) is 39.0 Å². The lowest BCUT2D eigenvalue weighted by atomic mass is 10.0. The Bertz CT molecular complexity index is 605. The van der Waals surface area contributed by atoms with E-state index in [1.807, 2.05) is 32.0 Å². The first-order chi connectivity index (χ1) is 10.9. The van der Waals surface area contributed by atoms with Crippen molar-refractivity contribution in [2.75, 3.05) is 13.7 Å². The highest BCUT2D eigenvalue weighted by atomic mass is 16.5. The number of benzene rings is 1. The van der Waals surface area contributed by atoms with Gasteiger partial charge in [-0.05, 0) is 39.0 Å². The fourth-order valence-corrected chi connectivity index (χ4v) is 2.34. The molecule has 0 aliphatic heterocycles. The van der Waals surface area contributed by atoms with Crippen LogP contribution >= 0.6 is 0 Å². The molecule has 0 aliphatic rings. The molecule has 0 bridgehead atoms. The number of hydrogen-bond acceptors (Lipinski definition) is 5. The minimum absolute atomic E-state index is 0.0521. The number of furan rings is 1. The predicted molar refractivity (Wildman–Crippen MR) is 88.7 cm³/mol. The molecule has 5 heteroatoms. The fraction of sp³-hybridized carbons (Fsp3) is 0.444. The van der Waals surface area contributed by atoms with Crippen molar-refractivity contribution in [2.24, 2.45) is 0 Å². The third kappa shape index (κ3) is 4.50. The van der Waals surface area contributed by atoms with Crippen molar-refractivity contribution < 1.29 is 19.0 Å². The zero-order valence-corrected chi connectivity index (χ0v) is 14.1. The lowest BCUT2D eigenvalue weighted by molar-refractivity contribution is 0.0339. The van der Waals surface area contributed by atoms with E-state index in [9.17, 15) is 5.11 Å². The van der Waals surface area contributed by atoms with E-state index >= 15 is 0 Å². The number of nitrogens with one attached hydrogen (secondary N) is 1. The highest BCUT2D eigenvalue weighted by Gasteiger charge is 2.25. The van der Waals surface area contributed by atoms with Crippen LogP contribution < -0.4 is 14.8 Å². The normalized spacial score (nSPS) is 13.8. The monoisotopic (exact) mass is 319 g/mol. The standard InChI is InChI=1S/C18H25NO4/c1-13(2)23-17-14(7-5-8-15(17)21-4)11-19-12-18(3,20)16-9-6-10-22-16/h5-10,13,19-20H,11-12H2,1-4H3. The third-order valence-corrected chi connectivity index (χ3v) is 3.47. The lowest BCUT2D eigenvalue weighted by Gasteiger charge is -2.22. The van der Waals surface area contributed by atoms with Gasteiger partial charge >= 0.3 is 0 Å². The summed E-state index contributed by atoms with van der Waals surface area (Å²) in [5.41, 5.74) is -0.0881. The first-order valence-corrected chi connectivity index (χ1v) is 7.73. The summed E-state index contributed by atoms with van der Waals surface area (Å²) in [6.07, 6.45) is 1.61. The molecule has 0 radical (unpaired) electrons. The molecule has 0 saturated carbocycles. The maximum Gasteiger partial charge on any atom is 0.166 e. The molecule has 126 valence electrons. The van der Waals surface area contributed by atoms with Gasteiger partial charge in [-0.1, -0.05) is 12.1 Å². The lowest BCUT2D eigenvalue weighted by Crippen LogP contribution is -2.34. The van der Waals surface area contributed by atoms with Gasteiger partial charge in [0.25, 0.3) is 0 Å². The van der Waals surface area contributed by atoms with Crippen LogP contribution in [-0.2, 0) is 12.1 Å². The van der Waals surface area contributed by atoms with E-state index < -0.39 is 5.60 Å². The van der Waals surface area contributed by atoms with Gasteiger partial charge in [0.15, 0.2) is 11.5 Å². The molecule has 2 rings (SSSR count). The summed E-state index contributed by atoms with van der Waals surface area (Å²) in [5, 5.41) is 13.7. The van der Waals surface area contributed by atoms with Gasteiger partial charge in [-0.15, -0.1) is 0 Å². The van der Waals surface area contributed by atoms with Crippen LogP contribution in [0.5, 0.6) is 11.5 Å². The Morgan fingerprint density at radius 3 is 2.65 bits per heavy atom. The van der Waals surface area contributed by atoms with E-state index in [4.69, 9.17) is 13.9 Å². The molecule has 2 N–H and O–H groups in total. The number of para-hydroxylation sites is 1. The molecule has 0 aliphatic carbocycles. The molecule has 23 heavy (non-hydrogen) atoms. The van der Waals surface area contributed by atoms with Crippen LogP contribution in [0.2, 0.25) is 0 Å². The summed E-state index contributed by atoms with van der Waals surface area (Å²) < 4.78 is 16.5. The van der Waals surface area contributed by atoms with Crippen LogP contribution in [0, 0.1) is 0 Å². The third-order valence-electron chi connectivity index (χ3n) is 3.47. The summed E-state index contributed by atoms with van der Waals surface area (Å²) >= 11 is 0. The van der Waals surface area contributed by atoms with Gasteiger partial charge in [0.05, 0.1) is 19.5 Å².